The number of halogens is 3. The Kier molecular flexibility index (Phi) is 5.82. The number of nitrogens with zero attached hydrogens (tertiary/aromatic N) is 2. The standard InChI is InChI=1S/C21H18F3N3O3S2/c1-13-6-8-14(9-7-13)32(29,30)27-11-10-17-18(12-27)31-20(25-17)26-19(28)15-4-2-3-5-16(15)21(22,23)24/h2-9H,10-12H2,1H3,(H,25,26,28). The Balaban J connectivity index is 1.53. The molecule has 6 nitrogen and oxygen atoms in total. The molecule has 3 aromatic rings. The third kappa shape index (κ3) is 4.41. The van der Waals surface area contributed by atoms with Crippen molar-refractivity contribution in [3.05, 3.63) is 75.8 Å². The molecule has 0 bridgehead atoms. The number of anilines is 1. The van der Waals surface area contributed by atoms with E-state index < -0.39 is 33.2 Å². The number of carbonyl (C=O) groups is 1. The van der Waals surface area contributed by atoms with Crippen molar-refractivity contribution in [3.8, 4) is 0 Å². The molecule has 32 heavy (non-hydrogen) atoms. The van der Waals surface area contributed by atoms with Gasteiger partial charge in [-0.1, -0.05) is 29.8 Å². The van der Waals surface area contributed by atoms with Crippen molar-refractivity contribution in [1.29, 1.82) is 0 Å². The minimum atomic E-state index is -4.67. The van der Waals surface area contributed by atoms with Gasteiger partial charge in [0.25, 0.3) is 5.91 Å². The number of rotatable bonds is 4. The minimum absolute atomic E-state index is 0.0816. The van der Waals surface area contributed by atoms with E-state index in [9.17, 15) is 26.4 Å². The normalized spacial score (nSPS) is 14.8. The molecule has 1 aliphatic heterocycles. The van der Waals surface area contributed by atoms with Gasteiger partial charge in [0.2, 0.25) is 10.0 Å². The van der Waals surface area contributed by atoms with Gasteiger partial charge in [0, 0.05) is 17.8 Å². The second kappa shape index (κ2) is 8.30. The monoisotopic (exact) mass is 481 g/mol. The van der Waals surface area contributed by atoms with E-state index in [0.29, 0.717) is 17.0 Å². The van der Waals surface area contributed by atoms with Crippen molar-refractivity contribution in [1.82, 2.24) is 9.29 Å². The maximum Gasteiger partial charge on any atom is 0.417 e. The molecule has 2 aromatic carbocycles. The molecule has 1 N–H and O–H groups in total. The largest absolute Gasteiger partial charge is 0.417 e. The highest BCUT2D eigenvalue weighted by atomic mass is 32.2. The molecule has 0 atom stereocenters. The van der Waals surface area contributed by atoms with Crippen molar-refractivity contribution in [2.24, 2.45) is 0 Å². The third-order valence-corrected chi connectivity index (χ3v) is 7.91. The van der Waals surface area contributed by atoms with E-state index in [-0.39, 0.29) is 23.1 Å². The summed E-state index contributed by atoms with van der Waals surface area (Å²) >= 11 is 1.06. The van der Waals surface area contributed by atoms with E-state index in [2.05, 4.69) is 10.3 Å². The number of amides is 1. The van der Waals surface area contributed by atoms with Gasteiger partial charge in [-0.15, -0.1) is 11.3 Å². The lowest BCUT2D eigenvalue weighted by molar-refractivity contribution is -0.137. The number of fused-ring (bicyclic) bond motifs is 1. The average Bonchev–Trinajstić information content (AvgIpc) is 3.15. The van der Waals surface area contributed by atoms with Crippen LogP contribution in [0.3, 0.4) is 0 Å². The van der Waals surface area contributed by atoms with Crippen molar-refractivity contribution in [2.75, 3.05) is 11.9 Å². The zero-order valence-electron chi connectivity index (χ0n) is 16.8. The van der Waals surface area contributed by atoms with E-state index >= 15 is 0 Å². The van der Waals surface area contributed by atoms with Crippen molar-refractivity contribution in [3.63, 3.8) is 0 Å². The first-order chi connectivity index (χ1) is 15.1. The van der Waals surface area contributed by atoms with Gasteiger partial charge >= 0.3 is 6.18 Å². The number of carbonyl (C=O) groups excluding carboxylic acids is 1. The quantitative estimate of drug-likeness (QED) is 0.596. The summed E-state index contributed by atoms with van der Waals surface area (Å²) in [7, 11) is -3.70. The Bertz CT molecular complexity index is 1270. The van der Waals surface area contributed by atoms with Gasteiger partial charge in [-0.25, -0.2) is 13.4 Å². The summed E-state index contributed by atoms with van der Waals surface area (Å²) in [4.78, 5) is 17.6. The predicted octanol–water partition coefficient (Wildman–Crippen LogP) is 4.47. The number of hydrogen-bond donors (Lipinski definition) is 1. The first-order valence-electron chi connectivity index (χ1n) is 9.58. The zero-order chi connectivity index (χ0) is 23.1. The summed E-state index contributed by atoms with van der Waals surface area (Å²) in [5, 5.41) is 2.55. The van der Waals surface area contributed by atoms with Crippen LogP contribution in [0, 0.1) is 6.92 Å². The van der Waals surface area contributed by atoms with E-state index in [1.54, 1.807) is 24.3 Å². The third-order valence-electron chi connectivity index (χ3n) is 5.05. The van der Waals surface area contributed by atoms with E-state index in [1.807, 2.05) is 6.92 Å². The number of aromatic nitrogens is 1. The lowest BCUT2D eigenvalue weighted by Crippen LogP contribution is -2.35. The number of alkyl halides is 3. The number of benzene rings is 2. The molecule has 1 aromatic heterocycles. The lowest BCUT2D eigenvalue weighted by atomic mass is 10.1. The van der Waals surface area contributed by atoms with Crippen LogP contribution in [0.4, 0.5) is 18.3 Å². The molecular formula is C21H18F3N3O3S2. The average molecular weight is 482 g/mol. The number of sulfonamides is 1. The van der Waals surface area contributed by atoms with E-state index in [0.717, 1.165) is 29.0 Å². The predicted molar refractivity (Wildman–Crippen MR) is 114 cm³/mol. The molecule has 0 aliphatic carbocycles. The first-order valence-corrected chi connectivity index (χ1v) is 11.8. The fraction of sp³-hybridized carbons (Fsp3) is 0.238. The van der Waals surface area contributed by atoms with Gasteiger partial charge < -0.3 is 0 Å². The highest BCUT2D eigenvalue weighted by Gasteiger charge is 2.35. The van der Waals surface area contributed by atoms with E-state index in [4.69, 9.17) is 0 Å². The molecule has 0 radical (unpaired) electrons. The van der Waals surface area contributed by atoms with Crippen LogP contribution < -0.4 is 5.32 Å². The Labute approximate surface area is 186 Å². The number of aryl methyl sites for hydroxylation is 1. The highest BCUT2D eigenvalue weighted by molar-refractivity contribution is 7.89. The van der Waals surface area contributed by atoms with Crippen LogP contribution in [-0.4, -0.2) is 30.2 Å². The van der Waals surface area contributed by atoms with Crippen molar-refractivity contribution < 1.29 is 26.4 Å². The summed E-state index contributed by atoms with van der Waals surface area (Å²) in [6.07, 6.45) is -4.33. The maximum atomic E-state index is 13.2. The van der Waals surface area contributed by atoms with Crippen LogP contribution in [0.15, 0.2) is 53.4 Å². The fourth-order valence-electron chi connectivity index (χ4n) is 3.38. The molecule has 2 heterocycles. The Morgan fingerprint density at radius 3 is 2.50 bits per heavy atom. The van der Waals surface area contributed by atoms with Crippen LogP contribution in [0.2, 0.25) is 0 Å². The molecular weight excluding hydrogens is 463 g/mol. The Morgan fingerprint density at radius 1 is 1.12 bits per heavy atom. The van der Waals surface area contributed by atoms with Crippen LogP contribution >= 0.6 is 11.3 Å². The van der Waals surface area contributed by atoms with Gasteiger partial charge in [0.1, 0.15) is 0 Å². The lowest BCUT2D eigenvalue weighted by Gasteiger charge is -2.25. The fourth-order valence-corrected chi connectivity index (χ4v) is 5.89. The number of hydrogen-bond acceptors (Lipinski definition) is 5. The van der Waals surface area contributed by atoms with Gasteiger partial charge in [-0.2, -0.15) is 17.5 Å². The maximum absolute atomic E-state index is 13.2. The van der Waals surface area contributed by atoms with Gasteiger partial charge in [0.05, 0.1) is 28.3 Å². The van der Waals surface area contributed by atoms with Gasteiger partial charge in [-0.3, -0.25) is 10.1 Å². The Morgan fingerprint density at radius 2 is 1.81 bits per heavy atom. The highest BCUT2D eigenvalue weighted by Crippen LogP contribution is 2.34. The zero-order valence-corrected chi connectivity index (χ0v) is 18.4. The molecule has 4 rings (SSSR count). The number of thiazole rings is 1. The number of nitrogens with one attached hydrogen (secondary N) is 1. The van der Waals surface area contributed by atoms with E-state index in [1.165, 1.54) is 16.4 Å². The summed E-state index contributed by atoms with van der Waals surface area (Å²) in [5.74, 6) is -0.923. The Hall–Kier alpha value is -2.76. The topological polar surface area (TPSA) is 79.4 Å². The first kappa shape index (κ1) is 22.4. The summed E-state index contributed by atoms with van der Waals surface area (Å²) < 4.78 is 66.8. The van der Waals surface area contributed by atoms with Crippen LogP contribution in [0.1, 0.15) is 32.1 Å². The van der Waals surface area contributed by atoms with Gasteiger partial charge in [0.15, 0.2) is 5.13 Å². The molecule has 11 heteroatoms. The van der Waals surface area contributed by atoms with Crippen LogP contribution in [0.25, 0.3) is 0 Å². The van der Waals surface area contributed by atoms with Gasteiger partial charge in [-0.05, 0) is 31.2 Å². The minimum Gasteiger partial charge on any atom is -0.298 e. The molecule has 0 saturated heterocycles. The summed E-state index contributed by atoms with van der Waals surface area (Å²) in [6, 6.07) is 11.1. The second-order valence-electron chi connectivity index (χ2n) is 7.29. The second-order valence-corrected chi connectivity index (χ2v) is 10.3. The SMILES string of the molecule is Cc1ccc(S(=O)(=O)N2CCc3nc(NC(=O)c4ccccc4C(F)(F)F)sc3C2)cc1. The molecule has 1 aliphatic rings. The van der Waals surface area contributed by atoms with Crippen molar-refractivity contribution in [2.45, 2.75) is 31.0 Å². The molecule has 0 unspecified atom stereocenters. The molecule has 0 spiro atoms. The van der Waals surface area contributed by atoms with Crippen LogP contribution in [-0.2, 0) is 29.2 Å². The molecule has 168 valence electrons. The van der Waals surface area contributed by atoms with Crippen molar-refractivity contribution >= 4 is 32.4 Å². The molecule has 0 fully saturated rings. The summed E-state index contributed by atoms with van der Waals surface area (Å²) in [6.45, 7) is 2.17. The smallest absolute Gasteiger partial charge is 0.298 e. The molecule has 1 amide bonds. The molecule has 0 saturated carbocycles. The summed E-state index contributed by atoms with van der Waals surface area (Å²) in [5.41, 5.74) is 0.0375. The van der Waals surface area contributed by atoms with Crippen LogP contribution in [0.5, 0.6) is 0 Å².